The molecule has 26 heavy (non-hydrogen) atoms. The molecule has 0 atom stereocenters. The van der Waals surface area contributed by atoms with Gasteiger partial charge in [0.05, 0.1) is 19.2 Å². The smallest absolute Gasteiger partial charge is 0.244 e. The van der Waals surface area contributed by atoms with Gasteiger partial charge >= 0.3 is 0 Å². The predicted octanol–water partition coefficient (Wildman–Crippen LogP) is 2.87. The molecule has 1 aliphatic rings. The van der Waals surface area contributed by atoms with Crippen molar-refractivity contribution in [2.24, 2.45) is 0 Å². The number of halogens is 1. The van der Waals surface area contributed by atoms with Crippen molar-refractivity contribution >= 4 is 27.3 Å². The lowest BCUT2D eigenvalue weighted by Crippen LogP contribution is -2.48. The van der Waals surface area contributed by atoms with E-state index in [1.165, 1.54) is 10.4 Å². The third-order valence-electron chi connectivity index (χ3n) is 4.39. The van der Waals surface area contributed by atoms with Gasteiger partial charge in [0.25, 0.3) is 0 Å². The van der Waals surface area contributed by atoms with Gasteiger partial charge in [-0.25, -0.2) is 8.42 Å². The van der Waals surface area contributed by atoms with E-state index >= 15 is 0 Å². The van der Waals surface area contributed by atoms with Crippen LogP contribution in [0, 0.1) is 0 Å². The molecule has 1 aliphatic heterocycles. The third-order valence-corrected chi connectivity index (χ3v) is 6.79. The maximum absolute atomic E-state index is 12.8. The Labute approximate surface area is 158 Å². The van der Waals surface area contributed by atoms with Gasteiger partial charge in [-0.2, -0.15) is 4.31 Å². The Morgan fingerprint density at radius 3 is 2.04 bits per heavy atom. The van der Waals surface area contributed by atoms with E-state index < -0.39 is 10.0 Å². The first kappa shape index (κ1) is 18.8. The van der Waals surface area contributed by atoms with Crippen molar-refractivity contribution in [3.8, 4) is 11.5 Å². The summed E-state index contributed by atoms with van der Waals surface area (Å²) in [5.74, 6) is 1.40. The summed E-state index contributed by atoms with van der Waals surface area (Å²) in [5.41, 5.74) is 0.941. The monoisotopic (exact) mass is 396 g/mol. The standard InChI is InChI=1S/C18H21ClN2O4S/c1-24-15-11-14(12-16(13-15)25-2)20-7-9-21(10-8-20)26(22,23)18-6-4-3-5-17(18)19/h3-6,11-13H,7-10H2,1-2H3. The second-order valence-corrected chi connectivity index (χ2v) is 8.21. The highest BCUT2D eigenvalue weighted by molar-refractivity contribution is 7.89. The molecular weight excluding hydrogens is 376 g/mol. The molecule has 140 valence electrons. The Morgan fingerprint density at radius 1 is 0.923 bits per heavy atom. The molecule has 6 nitrogen and oxygen atoms in total. The van der Waals surface area contributed by atoms with E-state index in [0.29, 0.717) is 37.7 Å². The molecule has 3 rings (SSSR count). The van der Waals surface area contributed by atoms with Crippen molar-refractivity contribution in [2.75, 3.05) is 45.3 Å². The molecule has 0 amide bonds. The van der Waals surface area contributed by atoms with Crippen LogP contribution in [0.5, 0.6) is 11.5 Å². The van der Waals surface area contributed by atoms with Crippen molar-refractivity contribution < 1.29 is 17.9 Å². The molecule has 8 heteroatoms. The summed E-state index contributed by atoms with van der Waals surface area (Å²) in [6.07, 6.45) is 0. The van der Waals surface area contributed by atoms with E-state index in [2.05, 4.69) is 4.90 Å². The summed E-state index contributed by atoms with van der Waals surface area (Å²) in [7, 11) is -0.391. The van der Waals surface area contributed by atoms with E-state index in [1.807, 2.05) is 18.2 Å². The minimum absolute atomic E-state index is 0.151. The minimum Gasteiger partial charge on any atom is -0.497 e. The van der Waals surface area contributed by atoms with Crippen molar-refractivity contribution in [3.63, 3.8) is 0 Å². The Morgan fingerprint density at radius 2 is 1.50 bits per heavy atom. The van der Waals surface area contributed by atoms with Gasteiger partial charge in [-0.15, -0.1) is 0 Å². The molecule has 0 bridgehead atoms. The molecule has 0 unspecified atom stereocenters. The fourth-order valence-electron chi connectivity index (χ4n) is 2.95. The van der Waals surface area contributed by atoms with E-state index in [1.54, 1.807) is 32.4 Å². The molecule has 0 aromatic heterocycles. The van der Waals surface area contributed by atoms with E-state index in [9.17, 15) is 8.42 Å². The largest absolute Gasteiger partial charge is 0.497 e. The normalized spacial score (nSPS) is 15.7. The third kappa shape index (κ3) is 3.75. The lowest BCUT2D eigenvalue weighted by atomic mass is 10.2. The van der Waals surface area contributed by atoms with Gasteiger partial charge in [-0.05, 0) is 12.1 Å². The van der Waals surface area contributed by atoms with Crippen LogP contribution in [-0.2, 0) is 10.0 Å². The second-order valence-electron chi connectivity index (χ2n) is 5.89. The van der Waals surface area contributed by atoms with E-state index in [4.69, 9.17) is 21.1 Å². The van der Waals surface area contributed by atoms with Gasteiger partial charge in [-0.3, -0.25) is 0 Å². The number of hydrogen-bond donors (Lipinski definition) is 0. The van der Waals surface area contributed by atoms with Gasteiger partial charge < -0.3 is 14.4 Å². The van der Waals surface area contributed by atoms with Crippen molar-refractivity contribution in [1.29, 1.82) is 0 Å². The highest BCUT2D eigenvalue weighted by Gasteiger charge is 2.30. The van der Waals surface area contributed by atoms with Crippen molar-refractivity contribution in [1.82, 2.24) is 4.31 Å². The highest BCUT2D eigenvalue weighted by atomic mass is 35.5. The average molecular weight is 397 g/mol. The second kappa shape index (κ2) is 7.73. The number of hydrogen-bond acceptors (Lipinski definition) is 5. The Hall–Kier alpha value is -1.96. The van der Waals surface area contributed by atoms with Crippen LogP contribution in [-0.4, -0.2) is 53.1 Å². The number of piperazine rings is 1. The zero-order chi connectivity index (χ0) is 18.7. The molecule has 1 fully saturated rings. The lowest BCUT2D eigenvalue weighted by molar-refractivity contribution is 0.381. The van der Waals surface area contributed by atoms with Crippen LogP contribution in [0.4, 0.5) is 5.69 Å². The molecule has 0 saturated carbocycles. The zero-order valence-corrected chi connectivity index (χ0v) is 16.3. The Balaban J connectivity index is 1.76. The first-order valence-electron chi connectivity index (χ1n) is 8.18. The van der Waals surface area contributed by atoms with Crippen molar-refractivity contribution in [2.45, 2.75) is 4.90 Å². The first-order valence-corrected chi connectivity index (χ1v) is 10.00. The predicted molar refractivity (Wildman–Crippen MR) is 102 cm³/mol. The summed E-state index contributed by atoms with van der Waals surface area (Å²) < 4.78 is 37.8. The average Bonchev–Trinajstić information content (AvgIpc) is 2.67. The van der Waals surface area contributed by atoms with Crippen LogP contribution in [0.15, 0.2) is 47.4 Å². The molecule has 1 saturated heterocycles. The van der Waals surface area contributed by atoms with Crippen LogP contribution in [0.2, 0.25) is 5.02 Å². The molecule has 1 heterocycles. The summed E-state index contributed by atoms with van der Waals surface area (Å²) in [6, 6.07) is 12.2. The summed E-state index contributed by atoms with van der Waals surface area (Å²) >= 11 is 6.08. The number of methoxy groups -OCH3 is 2. The number of rotatable bonds is 5. The van der Waals surface area contributed by atoms with Crippen LogP contribution in [0.3, 0.4) is 0 Å². The van der Waals surface area contributed by atoms with Crippen LogP contribution >= 0.6 is 11.6 Å². The molecule has 0 spiro atoms. The van der Waals surface area contributed by atoms with Crippen LogP contribution in [0.25, 0.3) is 0 Å². The maximum Gasteiger partial charge on any atom is 0.244 e. The Kier molecular flexibility index (Phi) is 5.60. The highest BCUT2D eigenvalue weighted by Crippen LogP contribution is 2.30. The van der Waals surface area contributed by atoms with Gasteiger partial charge in [0.15, 0.2) is 0 Å². The van der Waals surface area contributed by atoms with E-state index in [0.717, 1.165) is 5.69 Å². The topological polar surface area (TPSA) is 59.1 Å². The zero-order valence-electron chi connectivity index (χ0n) is 14.7. The van der Waals surface area contributed by atoms with Gasteiger partial charge in [0.2, 0.25) is 10.0 Å². The van der Waals surface area contributed by atoms with Crippen LogP contribution in [0.1, 0.15) is 0 Å². The SMILES string of the molecule is COc1cc(OC)cc(N2CCN(S(=O)(=O)c3ccccc3Cl)CC2)c1. The molecular formula is C18H21ClN2O4S. The number of ether oxygens (including phenoxy) is 2. The van der Waals surface area contributed by atoms with Gasteiger partial charge in [-0.1, -0.05) is 23.7 Å². The van der Waals surface area contributed by atoms with Gasteiger partial charge in [0, 0.05) is 50.1 Å². The number of sulfonamides is 1. The number of anilines is 1. The van der Waals surface area contributed by atoms with Gasteiger partial charge in [0.1, 0.15) is 16.4 Å². The number of benzene rings is 2. The molecule has 0 aliphatic carbocycles. The maximum atomic E-state index is 12.8. The molecule has 0 N–H and O–H groups in total. The Bertz CT molecular complexity index is 858. The quantitative estimate of drug-likeness (QED) is 0.777. The van der Waals surface area contributed by atoms with Crippen molar-refractivity contribution in [3.05, 3.63) is 47.5 Å². The fourth-order valence-corrected chi connectivity index (χ4v) is 4.87. The summed E-state index contributed by atoms with van der Waals surface area (Å²) in [5, 5.41) is 0.243. The molecule has 2 aromatic rings. The lowest BCUT2D eigenvalue weighted by Gasteiger charge is -2.35. The molecule has 0 radical (unpaired) electrons. The van der Waals surface area contributed by atoms with E-state index in [-0.39, 0.29) is 9.92 Å². The minimum atomic E-state index is -3.60. The fraction of sp³-hybridized carbons (Fsp3) is 0.333. The first-order chi connectivity index (χ1) is 12.5. The number of nitrogens with zero attached hydrogens (tertiary/aromatic N) is 2. The summed E-state index contributed by atoms with van der Waals surface area (Å²) in [6.45, 7) is 1.90. The summed E-state index contributed by atoms with van der Waals surface area (Å²) in [4.78, 5) is 2.27. The molecule has 2 aromatic carbocycles. The van der Waals surface area contributed by atoms with Crippen LogP contribution < -0.4 is 14.4 Å².